The highest BCUT2D eigenvalue weighted by Gasteiger charge is 2.18. The van der Waals surface area contributed by atoms with E-state index >= 15 is 0 Å². The maximum atomic E-state index is 6.12. The molecule has 4 heterocycles. The maximum Gasteiger partial charge on any atom is 0.166 e. The largest absolute Gasteiger partial charge is 0.454 e. The van der Waals surface area contributed by atoms with Crippen molar-refractivity contribution in [2.45, 2.75) is 0 Å². The average Bonchev–Trinajstić information content (AvgIpc) is 3.47. The molecule has 0 spiro atoms. The van der Waals surface area contributed by atoms with E-state index in [0.29, 0.717) is 23.1 Å². The Bertz CT molecular complexity index is 2520. The maximum absolute atomic E-state index is 6.12. The van der Waals surface area contributed by atoms with Crippen LogP contribution in [0.3, 0.4) is 0 Å². The first-order valence-electron chi connectivity index (χ1n) is 14.1. The average molecular weight is 552 g/mol. The molecule has 0 aliphatic carbocycles. The minimum absolute atomic E-state index is 0.547. The van der Waals surface area contributed by atoms with Gasteiger partial charge < -0.3 is 4.42 Å². The zero-order valence-corrected chi connectivity index (χ0v) is 22.8. The van der Waals surface area contributed by atoms with Gasteiger partial charge >= 0.3 is 0 Å². The van der Waals surface area contributed by atoms with Crippen molar-refractivity contribution in [3.8, 4) is 34.2 Å². The van der Waals surface area contributed by atoms with Gasteiger partial charge in [0, 0.05) is 51.4 Å². The quantitative estimate of drug-likeness (QED) is 0.204. The van der Waals surface area contributed by atoms with E-state index in [0.717, 1.165) is 43.8 Å². The van der Waals surface area contributed by atoms with Gasteiger partial charge in [-0.3, -0.25) is 9.97 Å². The SMILES string of the molecule is c1ccc(-c2nc(-c3ccc4c(ccc5ccc6cnccc6c54)c3)nc(-c3cncc4oc5ccccc5c34)n2)cc1. The Kier molecular flexibility index (Phi) is 5.10. The Morgan fingerprint density at radius 3 is 2.09 bits per heavy atom. The van der Waals surface area contributed by atoms with Gasteiger partial charge in [0.25, 0.3) is 0 Å². The topological polar surface area (TPSA) is 77.6 Å². The van der Waals surface area contributed by atoms with Gasteiger partial charge in [-0.05, 0) is 45.1 Å². The van der Waals surface area contributed by atoms with E-state index < -0.39 is 0 Å². The molecule has 6 heteroatoms. The third-order valence-electron chi connectivity index (χ3n) is 8.07. The summed E-state index contributed by atoms with van der Waals surface area (Å²) in [7, 11) is 0. The number of furan rings is 1. The van der Waals surface area contributed by atoms with Crippen molar-refractivity contribution in [2.75, 3.05) is 0 Å². The molecule has 0 bridgehead atoms. The summed E-state index contributed by atoms with van der Waals surface area (Å²) >= 11 is 0. The second-order valence-corrected chi connectivity index (χ2v) is 10.6. The number of hydrogen-bond acceptors (Lipinski definition) is 6. The van der Waals surface area contributed by atoms with Gasteiger partial charge in [-0.15, -0.1) is 0 Å². The Morgan fingerprint density at radius 2 is 1.19 bits per heavy atom. The molecule has 0 N–H and O–H groups in total. The van der Waals surface area contributed by atoms with Crippen LogP contribution in [0.5, 0.6) is 0 Å². The fourth-order valence-corrected chi connectivity index (χ4v) is 6.06. The van der Waals surface area contributed by atoms with Gasteiger partial charge in [-0.2, -0.15) is 0 Å². The van der Waals surface area contributed by atoms with E-state index in [9.17, 15) is 0 Å². The zero-order valence-electron chi connectivity index (χ0n) is 22.8. The Hall–Kier alpha value is -6.01. The number of rotatable bonds is 3. The number of fused-ring (bicyclic) bond motifs is 8. The molecule has 6 nitrogen and oxygen atoms in total. The molecule has 0 atom stereocenters. The number of aromatic nitrogens is 5. The summed E-state index contributed by atoms with van der Waals surface area (Å²) in [6, 6.07) is 35.1. The molecular formula is C37H21N5O. The predicted molar refractivity (Wildman–Crippen MR) is 172 cm³/mol. The van der Waals surface area contributed by atoms with Crippen molar-refractivity contribution in [1.82, 2.24) is 24.9 Å². The first-order chi connectivity index (χ1) is 21.3. The van der Waals surface area contributed by atoms with E-state index in [2.05, 4.69) is 64.6 Å². The highest BCUT2D eigenvalue weighted by atomic mass is 16.3. The summed E-state index contributed by atoms with van der Waals surface area (Å²) in [4.78, 5) is 23.8. The second kappa shape index (κ2) is 9.26. The number of para-hydroxylation sites is 1. The monoisotopic (exact) mass is 551 g/mol. The molecule has 0 aliphatic heterocycles. The molecule has 4 aromatic heterocycles. The molecule has 0 aliphatic rings. The minimum atomic E-state index is 0.547. The molecule has 0 fully saturated rings. The summed E-state index contributed by atoms with van der Waals surface area (Å²) in [5.41, 5.74) is 4.12. The number of benzene rings is 5. The van der Waals surface area contributed by atoms with Gasteiger partial charge in [-0.1, -0.05) is 84.9 Å². The molecule has 0 saturated heterocycles. The first kappa shape index (κ1) is 23.7. The van der Waals surface area contributed by atoms with Crippen LogP contribution in [0.4, 0.5) is 0 Å². The van der Waals surface area contributed by atoms with Crippen LogP contribution in [0, 0.1) is 0 Å². The van der Waals surface area contributed by atoms with Crippen LogP contribution in [-0.4, -0.2) is 24.9 Å². The number of hydrogen-bond donors (Lipinski definition) is 0. The summed E-state index contributed by atoms with van der Waals surface area (Å²) in [6.45, 7) is 0. The molecule has 5 aromatic carbocycles. The lowest BCUT2D eigenvalue weighted by atomic mass is 9.96. The Labute approximate surface area is 245 Å². The van der Waals surface area contributed by atoms with Crippen molar-refractivity contribution < 1.29 is 4.42 Å². The van der Waals surface area contributed by atoms with Gasteiger partial charge in [0.1, 0.15) is 5.58 Å². The predicted octanol–water partition coefficient (Wildman–Crippen LogP) is 9.02. The second-order valence-electron chi connectivity index (χ2n) is 10.6. The highest BCUT2D eigenvalue weighted by molar-refractivity contribution is 6.20. The van der Waals surface area contributed by atoms with Gasteiger partial charge in [0.2, 0.25) is 0 Å². The molecule has 200 valence electrons. The lowest BCUT2D eigenvalue weighted by Crippen LogP contribution is -2.00. The molecule has 9 rings (SSSR count). The molecule has 43 heavy (non-hydrogen) atoms. The van der Waals surface area contributed by atoms with E-state index in [4.69, 9.17) is 19.4 Å². The molecule has 0 unspecified atom stereocenters. The molecule has 0 radical (unpaired) electrons. The van der Waals surface area contributed by atoms with Crippen LogP contribution in [-0.2, 0) is 0 Å². The van der Waals surface area contributed by atoms with Crippen LogP contribution in [0.15, 0.2) is 132 Å². The Balaban J connectivity index is 1.29. The van der Waals surface area contributed by atoms with Crippen molar-refractivity contribution in [3.05, 3.63) is 128 Å². The number of nitrogens with zero attached hydrogens (tertiary/aromatic N) is 5. The summed E-state index contributed by atoms with van der Waals surface area (Å²) < 4.78 is 6.12. The van der Waals surface area contributed by atoms with Gasteiger partial charge in [-0.25, -0.2) is 15.0 Å². The fraction of sp³-hybridized carbons (Fsp3) is 0. The van der Waals surface area contributed by atoms with Crippen LogP contribution in [0.1, 0.15) is 0 Å². The first-order valence-corrected chi connectivity index (χ1v) is 14.1. The highest BCUT2D eigenvalue weighted by Crippen LogP contribution is 2.37. The summed E-state index contributed by atoms with van der Waals surface area (Å²) in [6.07, 6.45) is 7.32. The third kappa shape index (κ3) is 3.77. The van der Waals surface area contributed by atoms with Crippen molar-refractivity contribution >= 4 is 54.3 Å². The van der Waals surface area contributed by atoms with Crippen LogP contribution >= 0.6 is 0 Å². The standard InChI is InChI=1S/C37H21N5O/c1-2-6-23(7-3-1)35-40-36(42-37(41-35)30-20-39-21-32-34(30)29-8-4-5-9-31(29)43-32)25-14-15-27-24(18-25)12-10-22-11-13-26-19-38-17-16-28(26)33(22)27/h1-21H. The van der Waals surface area contributed by atoms with E-state index in [-0.39, 0.29) is 0 Å². The van der Waals surface area contributed by atoms with E-state index in [1.54, 1.807) is 6.20 Å². The van der Waals surface area contributed by atoms with Crippen LogP contribution in [0.25, 0.3) is 88.4 Å². The minimum Gasteiger partial charge on any atom is -0.454 e. The summed E-state index contributed by atoms with van der Waals surface area (Å²) in [5.74, 6) is 1.74. The molecular weight excluding hydrogens is 530 g/mol. The van der Waals surface area contributed by atoms with Gasteiger partial charge in [0.15, 0.2) is 23.1 Å². The van der Waals surface area contributed by atoms with E-state index in [1.165, 1.54) is 21.5 Å². The summed E-state index contributed by atoms with van der Waals surface area (Å²) in [5, 5.41) is 8.95. The lowest BCUT2D eigenvalue weighted by molar-refractivity contribution is 0.667. The normalized spacial score (nSPS) is 11.7. The fourth-order valence-electron chi connectivity index (χ4n) is 6.06. The number of pyridine rings is 2. The van der Waals surface area contributed by atoms with Crippen molar-refractivity contribution in [3.63, 3.8) is 0 Å². The van der Waals surface area contributed by atoms with E-state index in [1.807, 2.05) is 67.1 Å². The van der Waals surface area contributed by atoms with Gasteiger partial charge in [0.05, 0.1) is 6.20 Å². The third-order valence-corrected chi connectivity index (χ3v) is 8.07. The lowest BCUT2D eigenvalue weighted by Gasteiger charge is -2.11. The molecule has 9 aromatic rings. The van der Waals surface area contributed by atoms with Crippen molar-refractivity contribution in [1.29, 1.82) is 0 Å². The zero-order chi connectivity index (χ0) is 28.3. The van der Waals surface area contributed by atoms with Crippen molar-refractivity contribution in [2.24, 2.45) is 0 Å². The Morgan fingerprint density at radius 1 is 0.442 bits per heavy atom. The smallest absolute Gasteiger partial charge is 0.166 e. The van der Waals surface area contributed by atoms with Crippen LogP contribution in [0.2, 0.25) is 0 Å². The molecule has 0 saturated carbocycles. The molecule has 0 amide bonds. The van der Waals surface area contributed by atoms with Crippen LogP contribution < -0.4 is 0 Å².